The molecule has 27 heavy (non-hydrogen) atoms. The molecule has 3 rings (SSSR count). The summed E-state index contributed by atoms with van der Waals surface area (Å²) in [6.07, 6.45) is 1.40. The molecule has 0 bridgehead atoms. The van der Waals surface area contributed by atoms with E-state index in [0.717, 1.165) is 12.1 Å². The maximum absolute atomic E-state index is 12.5. The van der Waals surface area contributed by atoms with Gasteiger partial charge in [-0.3, -0.25) is 9.59 Å². The highest BCUT2D eigenvalue weighted by Gasteiger charge is 2.22. The van der Waals surface area contributed by atoms with Crippen molar-refractivity contribution in [2.75, 3.05) is 11.4 Å². The second kappa shape index (κ2) is 7.50. The van der Waals surface area contributed by atoms with Gasteiger partial charge in [0.1, 0.15) is 0 Å². The molecule has 142 valence electrons. The van der Waals surface area contributed by atoms with E-state index in [9.17, 15) is 18.0 Å². The molecular formula is C19H21N3O4S. The largest absolute Gasteiger partial charge is 0.346 e. The molecule has 0 aromatic heterocycles. The van der Waals surface area contributed by atoms with E-state index in [1.807, 2.05) is 0 Å². The third-order valence-corrected chi connectivity index (χ3v) is 5.46. The fourth-order valence-electron chi connectivity index (χ4n) is 3.04. The van der Waals surface area contributed by atoms with Crippen LogP contribution in [0.15, 0.2) is 53.4 Å². The van der Waals surface area contributed by atoms with Gasteiger partial charge in [0.15, 0.2) is 0 Å². The Morgan fingerprint density at radius 3 is 2.48 bits per heavy atom. The zero-order valence-electron chi connectivity index (χ0n) is 14.9. The quantitative estimate of drug-likeness (QED) is 0.817. The van der Waals surface area contributed by atoms with E-state index in [2.05, 4.69) is 5.32 Å². The van der Waals surface area contributed by atoms with E-state index in [1.165, 1.54) is 12.1 Å². The molecule has 1 atom stereocenters. The average molecular weight is 387 g/mol. The number of nitrogens with one attached hydrogen (secondary N) is 1. The number of anilines is 1. The number of benzene rings is 2. The molecule has 1 fully saturated rings. The molecule has 2 aromatic rings. The number of nitrogens with two attached hydrogens (primary N) is 1. The lowest BCUT2D eigenvalue weighted by Gasteiger charge is -2.17. The monoisotopic (exact) mass is 387 g/mol. The van der Waals surface area contributed by atoms with Crippen molar-refractivity contribution in [2.24, 2.45) is 5.14 Å². The number of primary sulfonamides is 1. The van der Waals surface area contributed by atoms with Crippen LogP contribution >= 0.6 is 0 Å². The Hall–Kier alpha value is -2.71. The third-order valence-electron chi connectivity index (χ3n) is 4.55. The maximum atomic E-state index is 12.5. The van der Waals surface area contributed by atoms with Gasteiger partial charge in [-0.1, -0.05) is 12.1 Å². The minimum atomic E-state index is -3.80. The summed E-state index contributed by atoms with van der Waals surface area (Å²) in [4.78, 5) is 26.0. The van der Waals surface area contributed by atoms with Crippen LogP contribution < -0.4 is 15.4 Å². The lowest BCUT2D eigenvalue weighted by molar-refractivity contribution is -0.117. The van der Waals surface area contributed by atoms with Crippen molar-refractivity contribution in [3.05, 3.63) is 59.7 Å². The summed E-state index contributed by atoms with van der Waals surface area (Å²) in [6.45, 7) is 2.46. The van der Waals surface area contributed by atoms with Crippen molar-refractivity contribution in [1.29, 1.82) is 0 Å². The number of rotatable bonds is 5. The van der Waals surface area contributed by atoms with E-state index < -0.39 is 16.1 Å². The summed E-state index contributed by atoms with van der Waals surface area (Å²) in [5.74, 6) is -0.196. The molecule has 1 aliphatic heterocycles. The Kier molecular flexibility index (Phi) is 5.29. The SMILES string of the molecule is CC(NC(=O)c1ccc(N2CCCC2=O)cc1)c1cccc(S(N)(=O)=O)c1. The molecule has 0 radical (unpaired) electrons. The summed E-state index contributed by atoms with van der Waals surface area (Å²) >= 11 is 0. The molecule has 0 spiro atoms. The van der Waals surface area contributed by atoms with Crippen molar-refractivity contribution < 1.29 is 18.0 Å². The first-order valence-electron chi connectivity index (χ1n) is 8.60. The minimum absolute atomic E-state index is 0.000678. The Bertz CT molecular complexity index is 971. The van der Waals surface area contributed by atoms with Gasteiger partial charge < -0.3 is 10.2 Å². The maximum Gasteiger partial charge on any atom is 0.251 e. The number of amides is 2. The van der Waals surface area contributed by atoms with Crippen LogP contribution in [0, 0.1) is 0 Å². The van der Waals surface area contributed by atoms with Crippen LogP contribution in [0.1, 0.15) is 41.7 Å². The highest BCUT2D eigenvalue weighted by Crippen LogP contribution is 2.22. The van der Waals surface area contributed by atoms with Gasteiger partial charge in [-0.05, 0) is 55.3 Å². The fourth-order valence-corrected chi connectivity index (χ4v) is 3.61. The molecule has 8 heteroatoms. The van der Waals surface area contributed by atoms with Crippen LogP contribution in [0.25, 0.3) is 0 Å². The van der Waals surface area contributed by atoms with Crippen LogP contribution in [0.5, 0.6) is 0 Å². The van der Waals surface area contributed by atoms with Crippen LogP contribution in [0.4, 0.5) is 5.69 Å². The van der Waals surface area contributed by atoms with E-state index in [0.29, 0.717) is 24.1 Å². The van der Waals surface area contributed by atoms with Crippen molar-refractivity contribution >= 4 is 27.5 Å². The average Bonchev–Trinajstić information content (AvgIpc) is 3.07. The van der Waals surface area contributed by atoms with Gasteiger partial charge in [-0.15, -0.1) is 0 Å². The van der Waals surface area contributed by atoms with Crippen LogP contribution in [0.3, 0.4) is 0 Å². The first kappa shape index (κ1) is 19.1. The number of sulfonamides is 1. The molecule has 1 heterocycles. The van der Waals surface area contributed by atoms with Crippen LogP contribution in [0.2, 0.25) is 0 Å². The molecule has 1 aliphatic rings. The second-order valence-corrected chi connectivity index (χ2v) is 8.07. The summed E-state index contributed by atoms with van der Waals surface area (Å²) in [5.41, 5.74) is 1.87. The zero-order chi connectivity index (χ0) is 19.6. The number of carbonyl (C=O) groups is 2. The van der Waals surface area contributed by atoms with Crippen LogP contribution in [-0.4, -0.2) is 26.8 Å². The van der Waals surface area contributed by atoms with Crippen LogP contribution in [-0.2, 0) is 14.8 Å². The Labute approximate surface area is 158 Å². The fraction of sp³-hybridized carbons (Fsp3) is 0.263. The topological polar surface area (TPSA) is 110 Å². The second-order valence-electron chi connectivity index (χ2n) is 6.51. The molecule has 1 saturated heterocycles. The first-order valence-corrected chi connectivity index (χ1v) is 10.1. The number of carbonyl (C=O) groups excluding carboxylic acids is 2. The number of hydrogen-bond donors (Lipinski definition) is 2. The molecule has 2 amide bonds. The van der Waals surface area contributed by atoms with Crippen molar-refractivity contribution in [2.45, 2.75) is 30.7 Å². The standard InChI is InChI=1S/C19H21N3O4S/c1-13(15-4-2-5-17(12-15)27(20,25)26)21-19(24)14-7-9-16(10-8-14)22-11-3-6-18(22)23/h2,4-5,7-10,12-13H,3,6,11H2,1H3,(H,21,24)(H2,20,25,26). The molecular weight excluding hydrogens is 366 g/mol. The van der Waals surface area contributed by atoms with Gasteiger partial charge in [-0.2, -0.15) is 0 Å². The predicted molar refractivity (Wildman–Crippen MR) is 102 cm³/mol. The van der Waals surface area contributed by atoms with Gasteiger partial charge in [0.2, 0.25) is 15.9 Å². The minimum Gasteiger partial charge on any atom is -0.346 e. The molecule has 1 unspecified atom stereocenters. The smallest absolute Gasteiger partial charge is 0.251 e. The Morgan fingerprint density at radius 1 is 1.19 bits per heavy atom. The van der Waals surface area contributed by atoms with Crippen molar-refractivity contribution in [3.8, 4) is 0 Å². The van der Waals surface area contributed by atoms with Crippen molar-refractivity contribution in [3.63, 3.8) is 0 Å². The Balaban J connectivity index is 1.70. The van der Waals surface area contributed by atoms with Gasteiger partial charge in [0.25, 0.3) is 5.91 Å². The highest BCUT2D eigenvalue weighted by molar-refractivity contribution is 7.89. The van der Waals surface area contributed by atoms with Gasteiger partial charge in [-0.25, -0.2) is 13.6 Å². The van der Waals surface area contributed by atoms with Gasteiger partial charge in [0, 0.05) is 24.2 Å². The predicted octanol–water partition coefficient (Wildman–Crippen LogP) is 1.95. The van der Waals surface area contributed by atoms with E-state index in [1.54, 1.807) is 48.2 Å². The third kappa shape index (κ3) is 4.35. The van der Waals surface area contributed by atoms with Gasteiger partial charge >= 0.3 is 0 Å². The van der Waals surface area contributed by atoms with E-state index in [4.69, 9.17) is 5.14 Å². The lowest BCUT2D eigenvalue weighted by atomic mass is 10.1. The number of nitrogens with zero attached hydrogens (tertiary/aromatic N) is 1. The van der Waals surface area contributed by atoms with E-state index in [-0.39, 0.29) is 16.7 Å². The summed E-state index contributed by atoms with van der Waals surface area (Å²) < 4.78 is 23.0. The first-order chi connectivity index (χ1) is 12.8. The lowest BCUT2D eigenvalue weighted by Crippen LogP contribution is -2.27. The number of hydrogen-bond acceptors (Lipinski definition) is 4. The highest BCUT2D eigenvalue weighted by atomic mass is 32.2. The zero-order valence-corrected chi connectivity index (χ0v) is 15.7. The summed E-state index contributed by atoms with van der Waals surface area (Å²) in [5, 5.41) is 7.98. The molecule has 0 saturated carbocycles. The summed E-state index contributed by atoms with van der Waals surface area (Å²) in [7, 11) is -3.80. The Morgan fingerprint density at radius 2 is 1.89 bits per heavy atom. The molecule has 2 aromatic carbocycles. The molecule has 0 aliphatic carbocycles. The molecule has 3 N–H and O–H groups in total. The summed E-state index contributed by atoms with van der Waals surface area (Å²) in [6, 6.07) is 12.6. The molecule has 7 nitrogen and oxygen atoms in total. The normalized spacial score (nSPS) is 15.6. The van der Waals surface area contributed by atoms with Gasteiger partial charge in [0.05, 0.1) is 10.9 Å². The van der Waals surface area contributed by atoms with E-state index >= 15 is 0 Å². The van der Waals surface area contributed by atoms with Crippen molar-refractivity contribution in [1.82, 2.24) is 5.32 Å².